The van der Waals surface area contributed by atoms with Crippen molar-refractivity contribution in [1.29, 1.82) is 0 Å². The molecule has 0 spiro atoms. The van der Waals surface area contributed by atoms with E-state index in [0.717, 1.165) is 24.0 Å². The van der Waals surface area contributed by atoms with Crippen LogP contribution >= 0.6 is 28.3 Å². The summed E-state index contributed by atoms with van der Waals surface area (Å²) < 4.78 is 0.926. The zero-order valence-electron chi connectivity index (χ0n) is 12.7. The summed E-state index contributed by atoms with van der Waals surface area (Å²) in [4.78, 5) is 23.3. The predicted octanol–water partition coefficient (Wildman–Crippen LogP) is 2.11. The first-order chi connectivity index (χ1) is 10.1. The summed E-state index contributed by atoms with van der Waals surface area (Å²) in [6, 6.07) is 7.09. The van der Waals surface area contributed by atoms with Crippen LogP contribution in [0.5, 0.6) is 0 Å². The standard InChI is InChI=1S/C15H22BrN3O2.ClH/c1-2-8-17-10-11-18-14(20)7-9-19-15(21)12-3-5-13(16)6-4-12;/h3-6,17H,2,7-11H2,1H3,(H,18,20)(H,19,21);1H. The van der Waals surface area contributed by atoms with Crippen LogP contribution < -0.4 is 16.0 Å². The van der Waals surface area contributed by atoms with Gasteiger partial charge in [0, 0.05) is 36.1 Å². The molecular weight excluding hydrogens is 370 g/mol. The molecule has 0 aliphatic carbocycles. The molecule has 1 aromatic rings. The zero-order chi connectivity index (χ0) is 15.5. The van der Waals surface area contributed by atoms with Crippen molar-refractivity contribution in [3.8, 4) is 0 Å². The fraction of sp³-hybridized carbons (Fsp3) is 0.467. The van der Waals surface area contributed by atoms with Gasteiger partial charge in [0.25, 0.3) is 5.91 Å². The number of amides is 2. The first-order valence-electron chi connectivity index (χ1n) is 7.14. The number of carbonyl (C=O) groups excluding carboxylic acids is 2. The molecule has 0 aromatic heterocycles. The predicted molar refractivity (Wildman–Crippen MR) is 94.5 cm³/mol. The van der Waals surface area contributed by atoms with Crippen molar-refractivity contribution >= 4 is 40.2 Å². The van der Waals surface area contributed by atoms with Crippen molar-refractivity contribution in [3.63, 3.8) is 0 Å². The van der Waals surface area contributed by atoms with Gasteiger partial charge in [0.2, 0.25) is 5.91 Å². The average molecular weight is 393 g/mol. The molecule has 1 aromatic carbocycles. The smallest absolute Gasteiger partial charge is 0.251 e. The number of carbonyl (C=O) groups is 2. The van der Waals surface area contributed by atoms with E-state index in [0.29, 0.717) is 18.7 Å². The third-order valence-corrected chi connectivity index (χ3v) is 3.32. The number of rotatable bonds is 9. The van der Waals surface area contributed by atoms with Gasteiger partial charge in [0.05, 0.1) is 0 Å². The van der Waals surface area contributed by atoms with Crippen molar-refractivity contribution in [1.82, 2.24) is 16.0 Å². The van der Waals surface area contributed by atoms with E-state index in [1.165, 1.54) is 0 Å². The van der Waals surface area contributed by atoms with Gasteiger partial charge in [0.15, 0.2) is 0 Å². The summed E-state index contributed by atoms with van der Waals surface area (Å²) >= 11 is 3.32. The van der Waals surface area contributed by atoms with E-state index in [2.05, 4.69) is 38.8 Å². The minimum Gasteiger partial charge on any atom is -0.355 e. The molecule has 2 amide bonds. The SMILES string of the molecule is CCCNCCNC(=O)CCNC(=O)c1ccc(Br)cc1.Cl. The van der Waals surface area contributed by atoms with Crippen LogP contribution in [0.25, 0.3) is 0 Å². The fourth-order valence-corrected chi connectivity index (χ4v) is 1.94. The van der Waals surface area contributed by atoms with Crippen LogP contribution in [0.2, 0.25) is 0 Å². The van der Waals surface area contributed by atoms with Gasteiger partial charge in [0.1, 0.15) is 0 Å². The Labute approximate surface area is 146 Å². The molecule has 0 heterocycles. The van der Waals surface area contributed by atoms with Crippen LogP contribution in [0.3, 0.4) is 0 Å². The molecule has 0 aliphatic rings. The van der Waals surface area contributed by atoms with Gasteiger partial charge >= 0.3 is 0 Å². The maximum Gasteiger partial charge on any atom is 0.251 e. The van der Waals surface area contributed by atoms with Crippen LogP contribution in [-0.4, -0.2) is 38.0 Å². The molecule has 0 radical (unpaired) electrons. The highest BCUT2D eigenvalue weighted by Gasteiger charge is 2.06. The average Bonchev–Trinajstić information content (AvgIpc) is 2.47. The molecule has 3 N–H and O–H groups in total. The summed E-state index contributed by atoms with van der Waals surface area (Å²) in [5.74, 6) is -0.218. The minimum absolute atomic E-state index is 0. The first kappa shape index (κ1) is 20.9. The zero-order valence-corrected chi connectivity index (χ0v) is 15.1. The molecular formula is C15H23BrClN3O2. The Morgan fingerprint density at radius 2 is 1.68 bits per heavy atom. The lowest BCUT2D eigenvalue weighted by atomic mass is 10.2. The van der Waals surface area contributed by atoms with Crippen molar-refractivity contribution in [2.45, 2.75) is 19.8 Å². The molecule has 5 nitrogen and oxygen atoms in total. The Balaban J connectivity index is 0.00000441. The molecule has 124 valence electrons. The number of hydrogen-bond donors (Lipinski definition) is 3. The van der Waals surface area contributed by atoms with Crippen molar-refractivity contribution in [2.75, 3.05) is 26.2 Å². The van der Waals surface area contributed by atoms with Gasteiger partial charge in [-0.2, -0.15) is 0 Å². The van der Waals surface area contributed by atoms with Gasteiger partial charge < -0.3 is 16.0 Å². The number of nitrogens with one attached hydrogen (secondary N) is 3. The maximum absolute atomic E-state index is 11.8. The summed E-state index contributed by atoms with van der Waals surface area (Å²) in [6.07, 6.45) is 1.37. The van der Waals surface area contributed by atoms with Crippen LogP contribution in [0, 0.1) is 0 Å². The van der Waals surface area contributed by atoms with E-state index in [-0.39, 0.29) is 30.6 Å². The van der Waals surface area contributed by atoms with Gasteiger partial charge in [-0.1, -0.05) is 22.9 Å². The second kappa shape index (κ2) is 12.4. The molecule has 0 saturated carbocycles. The van der Waals surface area contributed by atoms with Crippen LogP contribution in [-0.2, 0) is 4.79 Å². The number of hydrogen-bond acceptors (Lipinski definition) is 3. The Bertz CT molecular complexity index is 455. The molecule has 0 saturated heterocycles. The third kappa shape index (κ3) is 9.02. The van der Waals surface area contributed by atoms with Crippen LogP contribution in [0.1, 0.15) is 30.1 Å². The van der Waals surface area contributed by atoms with Gasteiger partial charge in [-0.3, -0.25) is 9.59 Å². The quantitative estimate of drug-likeness (QED) is 0.564. The van der Waals surface area contributed by atoms with Crippen LogP contribution in [0.15, 0.2) is 28.7 Å². The highest BCUT2D eigenvalue weighted by atomic mass is 79.9. The molecule has 0 atom stereocenters. The fourth-order valence-electron chi connectivity index (χ4n) is 1.67. The molecule has 22 heavy (non-hydrogen) atoms. The Morgan fingerprint density at radius 1 is 1.00 bits per heavy atom. The second-order valence-electron chi connectivity index (χ2n) is 4.61. The molecule has 0 unspecified atom stereocenters. The van der Waals surface area contributed by atoms with E-state index in [9.17, 15) is 9.59 Å². The van der Waals surface area contributed by atoms with Crippen molar-refractivity contribution in [2.24, 2.45) is 0 Å². The van der Waals surface area contributed by atoms with Crippen molar-refractivity contribution in [3.05, 3.63) is 34.3 Å². The molecule has 0 fully saturated rings. The minimum atomic E-state index is -0.167. The summed E-state index contributed by atoms with van der Waals surface area (Å²) in [5, 5.41) is 8.74. The topological polar surface area (TPSA) is 70.2 Å². The normalized spacial score (nSPS) is 9.73. The Hall–Kier alpha value is -1.11. The Morgan fingerprint density at radius 3 is 2.32 bits per heavy atom. The van der Waals surface area contributed by atoms with E-state index >= 15 is 0 Å². The number of halogens is 2. The largest absolute Gasteiger partial charge is 0.355 e. The molecule has 0 aliphatic heterocycles. The second-order valence-corrected chi connectivity index (χ2v) is 5.53. The third-order valence-electron chi connectivity index (χ3n) is 2.79. The van der Waals surface area contributed by atoms with E-state index in [4.69, 9.17) is 0 Å². The summed E-state index contributed by atoms with van der Waals surface area (Å²) in [7, 11) is 0. The first-order valence-corrected chi connectivity index (χ1v) is 7.94. The summed E-state index contributed by atoms with van der Waals surface area (Å²) in [6.45, 7) is 4.77. The van der Waals surface area contributed by atoms with Gasteiger partial charge in [-0.25, -0.2) is 0 Å². The van der Waals surface area contributed by atoms with Gasteiger partial charge in [-0.05, 0) is 37.2 Å². The van der Waals surface area contributed by atoms with E-state index in [1.54, 1.807) is 12.1 Å². The number of benzene rings is 1. The highest BCUT2D eigenvalue weighted by Crippen LogP contribution is 2.10. The monoisotopic (exact) mass is 391 g/mol. The lowest BCUT2D eigenvalue weighted by Gasteiger charge is -2.07. The lowest BCUT2D eigenvalue weighted by Crippen LogP contribution is -2.34. The molecule has 7 heteroatoms. The molecule has 0 bridgehead atoms. The summed E-state index contributed by atoms with van der Waals surface area (Å²) in [5.41, 5.74) is 0.586. The van der Waals surface area contributed by atoms with E-state index in [1.807, 2.05) is 12.1 Å². The Kier molecular flexibility index (Phi) is 11.8. The molecule has 1 rings (SSSR count). The highest BCUT2D eigenvalue weighted by molar-refractivity contribution is 9.10. The maximum atomic E-state index is 11.8. The van der Waals surface area contributed by atoms with Gasteiger partial charge in [-0.15, -0.1) is 12.4 Å². The van der Waals surface area contributed by atoms with Crippen molar-refractivity contribution < 1.29 is 9.59 Å². The van der Waals surface area contributed by atoms with Crippen LogP contribution in [0.4, 0.5) is 0 Å². The van der Waals surface area contributed by atoms with E-state index < -0.39 is 0 Å². The lowest BCUT2D eigenvalue weighted by molar-refractivity contribution is -0.120.